The van der Waals surface area contributed by atoms with Crippen LogP contribution < -0.4 is 10.2 Å². The van der Waals surface area contributed by atoms with Gasteiger partial charge >= 0.3 is 5.97 Å². The summed E-state index contributed by atoms with van der Waals surface area (Å²) in [5.74, 6) is 0.198. The number of hydrogen-bond donors (Lipinski definition) is 2. The second kappa shape index (κ2) is 13.2. The van der Waals surface area contributed by atoms with Gasteiger partial charge in [0.25, 0.3) is 0 Å². The predicted octanol–water partition coefficient (Wildman–Crippen LogP) is 3.15. The highest BCUT2D eigenvalue weighted by atomic mass is 127. The number of carbonyl (C=O) groups excluding carboxylic acids is 1. The van der Waals surface area contributed by atoms with Crippen LogP contribution in [0.25, 0.3) is 0 Å². The monoisotopic (exact) mass is 562 g/mol. The number of anilines is 1. The minimum atomic E-state index is -0.282. The Hall–Kier alpha value is -1.62. The van der Waals surface area contributed by atoms with E-state index in [1.54, 1.807) is 6.07 Å². The summed E-state index contributed by atoms with van der Waals surface area (Å²) in [6, 6.07) is 5.27. The first kappa shape index (κ1) is 26.6. The zero-order valence-electron chi connectivity index (χ0n) is 19.1. The average molecular weight is 562 g/mol. The Kier molecular flexibility index (Phi) is 11.0. The molecule has 2 aliphatic heterocycles. The maximum absolute atomic E-state index is 14.7. The summed E-state index contributed by atoms with van der Waals surface area (Å²) >= 11 is 0. The number of nitrogens with zero attached hydrogens (tertiary/aromatic N) is 3. The van der Waals surface area contributed by atoms with Crippen LogP contribution in [0, 0.1) is 11.7 Å². The van der Waals surface area contributed by atoms with Crippen LogP contribution >= 0.6 is 24.0 Å². The third-order valence-electron chi connectivity index (χ3n) is 5.90. The minimum Gasteiger partial charge on any atom is -0.466 e. The van der Waals surface area contributed by atoms with Crippen LogP contribution in [0.4, 0.5) is 10.1 Å². The lowest BCUT2D eigenvalue weighted by atomic mass is 9.98. The molecule has 7 nitrogen and oxygen atoms in total. The number of aliphatic hydroxyl groups is 1. The number of rotatable bonds is 6. The van der Waals surface area contributed by atoms with E-state index in [1.165, 1.54) is 0 Å². The number of halogens is 2. The lowest BCUT2D eigenvalue weighted by molar-refractivity contribution is -0.149. The van der Waals surface area contributed by atoms with Crippen molar-refractivity contribution in [2.45, 2.75) is 52.2 Å². The van der Waals surface area contributed by atoms with Crippen molar-refractivity contribution < 1.29 is 19.0 Å². The minimum absolute atomic E-state index is 0. The zero-order chi connectivity index (χ0) is 22.2. The fourth-order valence-corrected chi connectivity index (χ4v) is 4.23. The Morgan fingerprint density at radius 1 is 1.25 bits per heavy atom. The number of carbonyl (C=O) groups is 1. The summed E-state index contributed by atoms with van der Waals surface area (Å²) in [5, 5.41) is 13.0. The van der Waals surface area contributed by atoms with E-state index in [1.807, 2.05) is 30.9 Å². The number of piperidine rings is 2. The molecule has 2 saturated heterocycles. The number of benzene rings is 1. The largest absolute Gasteiger partial charge is 0.466 e. The molecule has 0 amide bonds. The molecule has 1 aromatic rings. The maximum atomic E-state index is 14.7. The number of aliphatic imine (C=N–C) groups is 1. The normalized spacial score (nSPS) is 20.0. The van der Waals surface area contributed by atoms with Gasteiger partial charge in [-0.2, -0.15) is 0 Å². The van der Waals surface area contributed by atoms with Gasteiger partial charge in [-0.1, -0.05) is 6.07 Å². The average Bonchev–Trinajstić information content (AvgIpc) is 2.78. The van der Waals surface area contributed by atoms with Crippen molar-refractivity contribution in [3.05, 3.63) is 29.6 Å². The third-order valence-corrected chi connectivity index (χ3v) is 5.90. The van der Waals surface area contributed by atoms with Crippen LogP contribution in [0.1, 0.15) is 45.1 Å². The molecule has 32 heavy (non-hydrogen) atoms. The van der Waals surface area contributed by atoms with E-state index in [-0.39, 0.29) is 47.8 Å². The third kappa shape index (κ3) is 7.19. The van der Waals surface area contributed by atoms with Gasteiger partial charge in [0, 0.05) is 32.7 Å². The van der Waals surface area contributed by atoms with E-state index in [0.717, 1.165) is 30.9 Å². The fourth-order valence-electron chi connectivity index (χ4n) is 4.23. The van der Waals surface area contributed by atoms with E-state index in [0.29, 0.717) is 57.9 Å². The Bertz CT molecular complexity index is 772. The molecule has 1 atom stereocenters. The molecular weight excluding hydrogens is 526 g/mol. The SMILES string of the molecule is CCNC(=NCc1ccc(N2CCC(O)CC2)c(F)c1)N1CCCC(C(=O)OCC)C1.I. The molecule has 0 aliphatic carbocycles. The van der Waals surface area contributed by atoms with Crippen molar-refractivity contribution in [1.82, 2.24) is 10.2 Å². The van der Waals surface area contributed by atoms with Crippen LogP contribution in [0.2, 0.25) is 0 Å². The second-order valence-corrected chi connectivity index (χ2v) is 8.21. The first-order chi connectivity index (χ1) is 15.0. The first-order valence-electron chi connectivity index (χ1n) is 11.4. The fraction of sp³-hybridized carbons (Fsp3) is 0.652. The van der Waals surface area contributed by atoms with Crippen molar-refractivity contribution in [3.63, 3.8) is 0 Å². The van der Waals surface area contributed by atoms with Gasteiger partial charge in [0.15, 0.2) is 5.96 Å². The van der Waals surface area contributed by atoms with Crippen molar-refractivity contribution >= 4 is 41.6 Å². The topological polar surface area (TPSA) is 77.4 Å². The van der Waals surface area contributed by atoms with Crippen LogP contribution in [0.5, 0.6) is 0 Å². The quantitative estimate of drug-likeness (QED) is 0.240. The predicted molar refractivity (Wildman–Crippen MR) is 135 cm³/mol. The van der Waals surface area contributed by atoms with E-state index >= 15 is 0 Å². The number of likely N-dealkylation sites (tertiary alicyclic amines) is 1. The van der Waals surface area contributed by atoms with Crippen molar-refractivity contribution in [3.8, 4) is 0 Å². The number of aliphatic hydroxyl groups excluding tert-OH is 1. The summed E-state index contributed by atoms with van der Waals surface area (Å²) in [6.45, 7) is 8.03. The standard InChI is InChI=1S/C23H35FN4O3.HI/c1-3-25-23(28-11-5-6-18(16-28)22(30)31-4-2)26-15-17-7-8-21(20(24)14-17)27-12-9-19(29)10-13-27;/h7-8,14,18-19,29H,3-6,9-13,15-16H2,1-2H3,(H,25,26);1H. The van der Waals surface area contributed by atoms with Gasteiger partial charge in [-0.15, -0.1) is 24.0 Å². The summed E-state index contributed by atoms with van der Waals surface area (Å²) in [4.78, 5) is 20.9. The molecule has 3 rings (SSSR count). The van der Waals surface area contributed by atoms with Crippen molar-refractivity contribution in [2.75, 3.05) is 44.2 Å². The maximum Gasteiger partial charge on any atom is 0.310 e. The lowest BCUT2D eigenvalue weighted by Gasteiger charge is -2.34. The molecular formula is C23H36FIN4O3. The first-order valence-corrected chi connectivity index (χ1v) is 11.4. The summed E-state index contributed by atoms with van der Waals surface area (Å²) in [7, 11) is 0. The Morgan fingerprint density at radius 2 is 2.00 bits per heavy atom. The van der Waals surface area contributed by atoms with Crippen LogP contribution in [0.3, 0.4) is 0 Å². The summed E-state index contributed by atoms with van der Waals surface area (Å²) in [6.07, 6.45) is 2.78. The highest BCUT2D eigenvalue weighted by molar-refractivity contribution is 14.0. The highest BCUT2D eigenvalue weighted by Crippen LogP contribution is 2.25. The Labute approximate surface area is 207 Å². The molecule has 2 N–H and O–H groups in total. The molecule has 0 bridgehead atoms. The van der Waals surface area contributed by atoms with E-state index in [9.17, 15) is 14.3 Å². The number of ether oxygens (including phenoxy) is 1. The second-order valence-electron chi connectivity index (χ2n) is 8.21. The zero-order valence-corrected chi connectivity index (χ0v) is 21.4. The van der Waals surface area contributed by atoms with Gasteiger partial charge in [-0.3, -0.25) is 4.79 Å². The summed E-state index contributed by atoms with van der Waals surface area (Å²) in [5.41, 5.74) is 1.38. The van der Waals surface area contributed by atoms with Crippen LogP contribution in [-0.2, 0) is 16.1 Å². The molecule has 0 radical (unpaired) electrons. The number of esters is 1. The van der Waals surface area contributed by atoms with E-state index < -0.39 is 0 Å². The van der Waals surface area contributed by atoms with Crippen LogP contribution in [0.15, 0.2) is 23.2 Å². The number of guanidine groups is 1. The molecule has 0 saturated carbocycles. The number of nitrogens with one attached hydrogen (secondary N) is 1. The molecule has 180 valence electrons. The molecule has 1 unspecified atom stereocenters. The van der Waals surface area contributed by atoms with Gasteiger partial charge in [0.05, 0.1) is 30.9 Å². The van der Waals surface area contributed by atoms with Crippen molar-refractivity contribution in [2.24, 2.45) is 10.9 Å². The van der Waals surface area contributed by atoms with E-state index in [4.69, 9.17) is 9.73 Å². The molecule has 0 spiro atoms. The molecule has 0 aromatic heterocycles. The lowest BCUT2D eigenvalue weighted by Crippen LogP contribution is -2.48. The molecule has 9 heteroatoms. The number of hydrogen-bond acceptors (Lipinski definition) is 5. The molecule has 2 fully saturated rings. The van der Waals surface area contributed by atoms with Gasteiger partial charge < -0.3 is 25.0 Å². The molecule has 2 heterocycles. The van der Waals surface area contributed by atoms with Gasteiger partial charge in [0.1, 0.15) is 5.82 Å². The van der Waals surface area contributed by atoms with Crippen molar-refractivity contribution in [1.29, 1.82) is 0 Å². The Morgan fingerprint density at radius 3 is 2.66 bits per heavy atom. The van der Waals surface area contributed by atoms with E-state index in [2.05, 4.69) is 10.2 Å². The van der Waals surface area contributed by atoms with Gasteiger partial charge in [0.2, 0.25) is 0 Å². The highest BCUT2D eigenvalue weighted by Gasteiger charge is 2.28. The van der Waals surface area contributed by atoms with Crippen LogP contribution in [-0.4, -0.2) is 67.4 Å². The summed E-state index contributed by atoms with van der Waals surface area (Å²) < 4.78 is 19.9. The molecule has 2 aliphatic rings. The smallest absolute Gasteiger partial charge is 0.310 e. The van der Waals surface area contributed by atoms with Gasteiger partial charge in [-0.25, -0.2) is 9.38 Å². The molecule has 1 aromatic carbocycles. The Balaban J connectivity index is 0.00000363. The van der Waals surface area contributed by atoms with Gasteiger partial charge in [-0.05, 0) is 57.2 Å².